The number of nitrogens with zero attached hydrogens (tertiary/aromatic N) is 2. The van der Waals surface area contributed by atoms with Gasteiger partial charge in [0.2, 0.25) is 0 Å². The Labute approximate surface area is 120 Å². The van der Waals surface area contributed by atoms with Gasteiger partial charge in [-0.25, -0.2) is 0 Å². The van der Waals surface area contributed by atoms with Crippen molar-refractivity contribution in [3.63, 3.8) is 0 Å². The predicted molar refractivity (Wildman–Crippen MR) is 83.0 cm³/mol. The Balaban J connectivity index is 2.20. The number of nitrogens with two attached hydrogens (primary N) is 1. The second-order valence-electron chi connectivity index (χ2n) is 4.69. The highest BCUT2D eigenvalue weighted by molar-refractivity contribution is 9.10. The first-order valence-corrected chi connectivity index (χ1v) is 6.84. The molecule has 3 rings (SSSR count). The second kappa shape index (κ2) is 4.38. The Bertz CT molecular complexity index is 774. The van der Waals surface area contributed by atoms with Crippen LogP contribution in [0, 0.1) is 6.92 Å². The van der Waals surface area contributed by atoms with E-state index in [0.717, 1.165) is 21.3 Å². The Morgan fingerprint density at radius 3 is 2.47 bits per heavy atom. The standard InChI is InChI=1S/C15H14BrN3/c1-9-14(18-19(2)15(9)17)12-4-3-11-8-13(16)6-5-10(11)7-12/h3-8H,17H2,1-2H3. The van der Waals surface area contributed by atoms with Crippen LogP contribution in [-0.4, -0.2) is 9.78 Å². The highest BCUT2D eigenvalue weighted by atomic mass is 79.9. The normalized spacial score (nSPS) is 11.1. The lowest BCUT2D eigenvalue weighted by atomic mass is 10.0. The molecule has 1 aromatic heterocycles. The molecule has 0 aliphatic carbocycles. The van der Waals surface area contributed by atoms with Crippen molar-refractivity contribution in [2.75, 3.05) is 5.73 Å². The van der Waals surface area contributed by atoms with Crippen LogP contribution in [0.1, 0.15) is 5.56 Å². The summed E-state index contributed by atoms with van der Waals surface area (Å²) < 4.78 is 2.81. The number of aromatic nitrogens is 2. The van der Waals surface area contributed by atoms with Crippen LogP contribution >= 0.6 is 15.9 Å². The number of hydrogen-bond donors (Lipinski definition) is 1. The fourth-order valence-electron chi connectivity index (χ4n) is 2.28. The predicted octanol–water partition coefficient (Wildman–Crippen LogP) is 3.89. The zero-order chi connectivity index (χ0) is 13.6. The topological polar surface area (TPSA) is 43.8 Å². The maximum atomic E-state index is 5.97. The number of anilines is 1. The Kier molecular flexibility index (Phi) is 2.82. The van der Waals surface area contributed by atoms with E-state index in [1.165, 1.54) is 10.8 Å². The quantitative estimate of drug-likeness (QED) is 0.740. The summed E-state index contributed by atoms with van der Waals surface area (Å²) in [4.78, 5) is 0. The molecule has 0 unspecified atom stereocenters. The molecule has 0 aliphatic rings. The SMILES string of the molecule is Cc1c(-c2ccc3cc(Br)ccc3c2)nn(C)c1N. The van der Waals surface area contributed by atoms with E-state index in [1.54, 1.807) is 4.68 Å². The van der Waals surface area contributed by atoms with E-state index in [4.69, 9.17) is 5.73 Å². The molecule has 3 nitrogen and oxygen atoms in total. The highest BCUT2D eigenvalue weighted by Gasteiger charge is 2.11. The molecule has 2 aromatic carbocycles. The van der Waals surface area contributed by atoms with Gasteiger partial charge in [0.1, 0.15) is 5.82 Å². The molecule has 0 bridgehead atoms. The summed E-state index contributed by atoms with van der Waals surface area (Å²) in [6.07, 6.45) is 0. The molecule has 0 spiro atoms. The second-order valence-corrected chi connectivity index (χ2v) is 5.60. The lowest BCUT2D eigenvalue weighted by molar-refractivity contribution is 0.782. The van der Waals surface area contributed by atoms with Gasteiger partial charge in [0.05, 0.1) is 5.69 Å². The minimum Gasteiger partial charge on any atom is -0.384 e. The molecule has 96 valence electrons. The summed E-state index contributed by atoms with van der Waals surface area (Å²) in [6, 6.07) is 12.6. The van der Waals surface area contributed by atoms with Crippen molar-refractivity contribution >= 4 is 32.5 Å². The highest BCUT2D eigenvalue weighted by Crippen LogP contribution is 2.29. The Morgan fingerprint density at radius 1 is 1.11 bits per heavy atom. The van der Waals surface area contributed by atoms with Gasteiger partial charge >= 0.3 is 0 Å². The number of benzene rings is 2. The number of fused-ring (bicyclic) bond motifs is 1. The molecule has 1 heterocycles. The number of aryl methyl sites for hydroxylation is 1. The van der Waals surface area contributed by atoms with E-state index in [2.05, 4.69) is 51.4 Å². The van der Waals surface area contributed by atoms with Gasteiger partial charge in [0, 0.05) is 22.6 Å². The molecule has 2 N–H and O–H groups in total. The zero-order valence-electron chi connectivity index (χ0n) is 10.8. The van der Waals surface area contributed by atoms with Gasteiger partial charge < -0.3 is 5.73 Å². The van der Waals surface area contributed by atoms with Gasteiger partial charge in [-0.1, -0.05) is 34.1 Å². The van der Waals surface area contributed by atoms with Crippen molar-refractivity contribution in [3.8, 4) is 11.3 Å². The number of hydrogen-bond acceptors (Lipinski definition) is 2. The number of rotatable bonds is 1. The first-order chi connectivity index (χ1) is 9.06. The van der Waals surface area contributed by atoms with Crippen molar-refractivity contribution in [2.24, 2.45) is 7.05 Å². The summed E-state index contributed by atoms with van der Waals surface area (Å²) in [5.74, 6) is 0.714. The van der Waals surface area contributed by atoms with Crippen molar-refractivity contribution in [1.29, 1.82) is 0 Å². The monoisotopic (exact) mass is 315 g/mol. The lowest BCUT2D eigenvalue weighted by Crippen LogP contribution is -1.97. The average molecular weight is 316 g/mol. The summed E-state index contributed by atoms with van der Waals surface area (Å²) in [5, 5.41) is 6.89. The Morgan fingerprint density at radius 2 is 1.79 bits per heavy atom. The lowest BCUT2D eigenvalue weighted by Gasteiger charge is -2.03. The molecule has 0 fully saturated rings. The van der Waals surface area contributed by atoms with Crippen LogP contribution in [0.25, 0.3) is 22.0 Å². The molecular weight excluding hydrogens is 302 g/mol. The molecule has 0 aliphatic heterocycles. The molecule has 0 amide bonds. The van der Waals surface area contributed by atoms with E-state index >= 15 is 0 Å². The van der Waals surface area contributed by atoms with Gasteiger partial charge in [-0.05, 0) is 35.9 Å². The molecule has 0 saturated heterocycles. The molecule has 0 radical (unpaired) electrons. The van der Waals surface area contributed by atoms with Crippen LogP contribution in [0.2, 0.25) is 0 Å². The summed E-state index contributed by atoms with van der Waals surface area (Å²) >= 11 is 3.49. The van der Waals surface area contributed by atoms with Crippen molar-refractivity contribution < 1.29 is 0 Å². The number of nitrogen functional groups attached to an aromatic ring is 1. The van der Waals surface area contributed by atoms with E-state index in [1.807, 2.05) is 20.0 Å². The third-order valence-corrected chi connectivity index (χ3v) is 3.91. The molecule has 0 saturated carbocycles. The molecular formula is C15H14BrN3. The smallest absolute Gasteiger partial charge is 0.124 e. The van der Waals surface area contributed by atoms with Gasteiger partial charge in [0.25, 0.3) is 0 Å². The largest absolute Gasteiger partial charge is 0.384 e. The molecule has 3 aromatic rings. The fraction of sp³-hybridized carbons (Fsp3) is 0.133. The first kappa shape index (κ1) is 12.2. The third kappa shape index (κ3) is 2.02. The van der Waals surface area contributed by atoms with Gasteiger partial charge in [-0.15, -0.1) is 0 Å². The minimum atomic E-state index is 0.714. The summed E-state index contributed by atoms with van der Waals surface area (Å²) in [6.45, 7) is 2.00. The van der Waals surface area contributed by atoms with Gasteiger partial charge in [-0.3, -0.25) is 4.68 Å². The van der Waals surface area contributed by atoms with Crippen LogP contribution in [0.5, 0.6) is 0 Å². The van der Waals surface area contributed by atoms with Gasteiger partial charge in [0.15, 0.2) is 0 Å². The van der Waals surface area contributed by atoms with E-state index in [0.29, 0.717) is 5.82 Å². The third-order valence-electron chi connectivity index (χ3n) is 3.41. The fourth-order valence-corrected chi connectivity index (χ4v) is 2.66. The minimum absolute atomic E-state index is 0.714. The van der Waals surface area contributed by atoms with E-state index in [-0.39, 0.29) is 0 Å². The molecule has 4 heteroatoms. The van der Waals surface area contributed by atoms with Crippen molar-refractivity contribution in [1.82, 2.24) is 9.78 Å². The first-order valence-electron chi connectivity index (χ1n) is 6.05. The molecule has 0 atom stereocenters. The van der Waals surface area contributed by atoms with Crippen molar-refractivity contribution in [3.05, 3.63) is 46.4 Å². The maximum absolute atomic E-state index is 5.97. The van der Waals surface area contributed by atoms with Crippen LogP contribution in [-0.2, 0) is 7.05 Å². The average Bonchev–Trinajstić information content (AvgIpc) is 2.66. The van der Waals surface area contributed by atoms with Crippen molar-refractivity contribution in [2.45, 2.75) is 6.92 Å². The maximum Gasteiger partial charge on any atom is 0.124 e. The molecule has 19 heavy (non-hydrogen) atoms. The zero-order valence-corrected chi connectivity index (χ0v) is 12.4. The van der Waals surface area contributed by atoms with Crippen LogP contribution in [0.15, 0.2) is 40.9 Å². The Hall–Kier alpha value is -1.81. The van der Waals surface area contributed by atoms with E-state index in [9.17, 15) is 0 Å². The van der Waals surface area contributed by atoms with E-state index < -0.39 is 0 Å². The number of halogens is 1. The summed E-state index contributed by atoms with van der Waals surface area (Å²) in [5.41, 5.74) is 9.04. The van der Waals surface area contributed by atoms with Gasteiger partial charge in [-0.2, -0.15) is 5.10 Å². The van der Waals surface area contributed by atoms with Crippen LogP contribution < -0.4 is 5.73 Å². The van der Waals surface area contributed by atoms with Crippen LogP contribution in [0.3, 0.4) is 0 Å². The summed E-state index contributed by atoms with van der Waals surface area (Å²) in [7, 11) is 1.87. The van der Waals surface area contributed by atoms with Crippen LogP contribution in [0.4, 0.5) is 5.82 Å².